The van der Waals surface area contributed by atoms with E-state index in [9.17, 15) is 4.79 Å². The van der Waals surface area contributed by atoms with Gasteiger partial charge >= 0.3 is 0 Å². The molecule has 0 amide bonds. The molecule has 0 spiro atoms. The smallest absolute Gasteiger partial charge is 0.272 e. The Bertz CT molecular complexity index is 2870. The standard InChI is InChI=1S/C40H22N4O/c45-40-38-36(42-18-19-43-38)37-39-32(16-17-41-37)34-22-26(13-15-35(34)44(39)40)24-7-5-6-23(20-24)25-12-14-31-29-10-2-1-8-27(29)28-9-3-4-11-30(28)33(31)21-25/h1-22H. The number of fused-ring (bicyclic) bond motifs is 11. The molecule has 0 aliphatic carbocycles. The van der Waals surface area contributed by atoms with Gasteiger partial charge < -0.3 is 0 Å². The first-order valence-corrected chi connectivity index (χ1v) is 15.0. The fraction of sp³-hybridized carbons (Fsp3) is 0. The van der Waals surface area contributed by atoms with Crippen molar-refractivity contribution in [3.63, 3.8) is 0 Å². The second-order valence-corrected chi connectivity index (χ2v) is 11.6. The zero-order valence-corrected chi connectivity index (χ0v) is 23.9. The van der Waals surface area contributed by atoms with E-state index in [0.717, 1.165) is 38.5 Å². The predicted molar refractivity (Wildman–Crippen MR) is 184 cm³/mol. The van der Waals surface area contributed by atoms with Crippen LogP contribution in [0.15, 0.2) is 139 Å². The summed E-state index contributed by atoms with van der Waals surface area (Å²) >= 11 is 0. The largest absolute Gasteiger partial charge is 0.283 e. The van der Waals surface area contributed by atoms with Crippen molar-refractivity contribution in [3.8, 4) is 22.3 Å². The third-order valence-corrected chi connectivity index (χ3v) is 9.28. The summed E-state index contributed by atoms with van der Waals surface area (Å²) in [5.41, 5.74) is 7.52. The Kier molecular flexibility index (Phi) is 4.80. The maximum atomic E-state index is 13.6. The van der Waals surface area contributed by atoms with E-state index in [1.165, 1.54) is 37.9 Å². The van der Waals surface area contributed by atoms with Gasteiger partial charge in [-0.3, -0.25) is 19.2 Å². The quantitative estimate of drug-likeness (QED) is 0.193. The van der Waals surface area contributed by atoms with E-state index >= 15 is 0 Å². The van der Waals surface area contributed by atoms with Crippen molar-refractivity contribution in [1.82, 2.24) is 19.4 Å². The van der Waals surface area contributed by atoms with Crippen molar-refractivity contribution >= 4 is 70.7 Å². The van der Waals surface area contributed by atoms with Crippen LogP contribution < -0.4 is 5.56 Å². The van der Waals surface area contributed by atoms with Gasteiger partial charge in [0, 0.05) is 29.4 Å². The Hall–Kier alpha value is -6.20. The SMILES string of the molecule is O=c1c2nccnc2c2nccc3c4cc(-c5cccc(-c6ccc7c8ccccc8c8ccccc8c7c6)c5)ccc4n1c32. The Morgan fingerprint density at radius 2 is 0.956 bits per heavy atom. The van der Waals surface area contributed by atoms with E-state index in [1.807, 2.05) is 12.1 Å². The van der Waals surface area contributed by atoms with Gasteiger partial charge in [-0.05, 0) is 84.9 Å². The third kappa shape index (κ3) is 3.32. The number of nitrogens with zero attached hydrogens (tertiary/aromatic N) is 4. The molecule has 0 atom stereocenters. The number of pyridine rings is 2. The zero-order chi connectivity index (χ0) is 29.6. The van der Waals surface area contributed by atoms with Gasteiger partial charge in [0.1, 0.15) is 11.0 Å². The van der Waals surface area contributed by atoms with Crippen molar-refractivity contribution < 1.29 is 0 Å². The molecule has 0 saturated carbocycles. The number of benzene rings is 6. The van der Waals surface area contributed by atoms with E-state index in [-0.39, 0.29) is 5.56 Å². The molecule has 10 rings (SSSR count). The molecule has 0 saturated heterocycles. The van der Waals surface area contributed by atoms with Crippen LogP contribution in [0.5, 0.6) is 0 Å². The van der Waals surface area contributed by atoms with Gasteiger partial charge in [0.2, 0.25) is 0 Å². The highest BCUT2D eigenvalue weighted by Gasteiger charge is 2.19. The van der Waals surface area contributed by atoms with E-state index < -0.39 is 0 Å². The summed E-state index contributed by atoms with van der Waals surface area (Å²) in [4.78, 5) is 27.0. The van der Waals surface area contributed by atoms with Gasteiger partial charge in [-0.15, -0.1) is 0 Å². The van der Waals surface area contributed by atoms with Crippen molar-refractivity contribution in [2.24, 2.45) is 0 Å². The van der Waals surface area contributed by atoms with Crippen molar-refractivity contribution in [2.45, 2.75) is 0 Å². The van der Waals surface area contributed by atoms with Crippen LogP contribution in [0.2, 0.25) is 0 Å². The average Bonchev–Trinajstić information content (AvgIpc) is 3.45. The molecule has 10 aromatic rings. The number of hydrogen-bond donors (Lipinski definition) is 0. The molecule has 0 bridgehead atoms. The normalized spacial score (nSPS) is 12.1. The summed E-state index contributed by atoms with van der Waals surface area (Å²) in [6.45, 7) is 0. The lowest BCUT2D eigenvalue weighted by Gasteiger charge is -2.12. The molecule has 6 aromatic carbocycles. The Labute approximate surface area is 256 Å². The molecule has 0 unspecified atom stereocenters. The van der Waals surface area contributed by atoms with E-state index in [2.05, 4.69) is 118 Å². The number of hydrogen-bond acceptors (Lipinski definition) is 4. The van der Waals surface area contributed by atoms with Crippen LogP contribution in [-0.2, 0) is 0 Å². The van der Waals surface area contributed by atoms with Crippen LogP contribution in [0.1, 0.15) is 0 Å². The molecule has 5 nitrogen and oxygen atoms in total. The molecule has 5 heteroatoms. The zero-order valence-electron chi connectivity index (χ0n) is 23.9. The van der Waals surface area contributed by atoms with Crippen molar-refractivity contribution in [1.29, 1.82) is 0 Å². The predicted octanol–water partition coefficient (Wildman–Crippen LogP) is 9.18. The monoisotopic (exact) mass is 574 g/mol. The molecular formula is C40H22N4O. The Morgan fingerprint density at radius 1 is 0.400 bits per heavy atom. The molecule has 0 radical (unpaired) electrons. The molecular weight excluding hydrogens is 552 g/mol. The van der Waals surface area contributed by atoms with Gasteiger partial charge in [0.15, 0.2) is 5.52 Å². The summed E-state index contributed by atoms with van der Waals surface area (Å²) in [6.07, 6.45) is 4.95. The van der Waals surface area contributed by atoms with Crippen LogP contribution in [0.4, 0.5) is 0 Å². The van der Waals surface area contributed by atoms with Crippen LogP contribution in [-0.4, -0.2) is 19.4 Å². The van der Waals surface area contributed by atoms with Gasteiger partial charge in [-0.1, -0.05) is 84.9 Å². The lowest BCUT2D eigenvalue weighted by atomic mass is 9.91. The molecule has 0 N–H and O–H groups in total. The molecule has 45 heavy (non-hydrogen) atoms. The topological polar surface area (TPSA) is 60.2 Å². The van der Waals surface area contributed by atoms with Crippen LogP contribution in [0.25, 0.3) is 92.9 Å². The fourth-order valence-corrected chi connectivity index (χ4v) is 7.27. The fourth-order valence-electron chi connectivity index (χ4n) is 7.27. The molecule has 0 aliphatic rings. The average molecular weight is 575 g/mol. The van der Waals surface area contributed by atoms with Gasteiger partial charge in [0.05, 0.1) is 11.0 Å². The first-order chi connectivity index (χ1) is 22.2. The summed E-state index contributed by atoms with van der Waals surface area (Å²) in [5, 5.41) is 9.59. The maximum Gasteiger partial charge on any atom is 0.283 e. The summed E-state index contributed by atoms with van der Waals surface area (Å²) < 4.78 is 1.74. The van der Waals surface area contributed by atoms with Gasteiger partial charge in [-0.25, -0.2) is 4.98 Å². The summed E-state index contributed by atoms with van der Waals surface area (Å²) in [5.74, 6) is 0. The minimum absolute atomic E-state index is 0.176. The van der Waals surface area contributed by atoms with E-state index in [4.69, 9.17) is 0 Å². The molecule has 208 valence electrons. The lowest BCUT2D eigenvalue weighted by Crippen LogP contribution is -2.15. The van der Waals surface area contributed by atoms with Crippen LogP contribution in [0.3, 0.4) is 0 Å². The highest BCUT2D eigenvalue weighted by Crippen LogP contribution is 2.39. The van der Waals surface area contributed by atoms with Crippen LogP contribution in [0, 0.1) is 0 Å². The van der Waals surface area contributed by atoms with E-state index in [1.54, 1.807) is 23.0 Å². The van der Waals surface area contributed by atoms with E-state index in [0.29, 0.717) is 16.6 Å². The highest BCUT2D eigenvalue weighted by atomic mass is 16.1. The number of rotatable bonds is 2. The van der Waals surface area contributed by atoms with Crippen molar-refractivity contribution in [2.75, 3.05) is 0 Å². The summed E-state index contributed by atoms with van der Waals surface area (Å²) in [7, 11) is 0. The molecule has 4 heterocycles. The third-order valence-electron chi connectivity index (χ3n) is 9.28. The van der Waals surface area contributed by atoms with Gasteiger partial charge in [0.25, 0.3) is 5.56 Å². The Balaban J connectivity index is 1.17. The molecule has 4 aromatic heterocycles. The van der Waals surface area contributed by atoms with Crippen LogP contribution >= 0.6 is 0 Å². The van der Waals surface area contributed by atoms with Gasteiger partial charge in [-0.2, -0.15) is 0 Å². The second kappa shape index (κ2) is 8.91. The highest BCUT2D eigenvalue weighted by molar-refractivity contribution is 6.25. The number of aromatic nitrogens is 4. The Morgan fingerprint density at radius 3 is 1.67 bits per heavy atom. The summed E-state index contributed by atoms with van der Waals surface area (Å²) in [6, 6.07) is 41.2. The minimum atomic E-state index is -0.176. The lowest BCUT2D eigenvalue weighted by molar-refractivity contribution is 1.16. The first kappa shape index (κ1) is 24.3. The maximum absolute atomic E-state index is 13.6. The molecule has 0 aliphatic heterocycles. The molecule has 0 fully saturated rings. The van der Waals surface area contributed by atoms with Crippen molar-refractivity contribution in [3.05, 3.63) is 144 Å². The second-order valence-electron chi connectivity index (χ2n) is 11.6. The first-order valence-electron chi connectivity index (χ1n) is 15.0. The minimum Gasteiger partial charge on any atom is -0.272 e.